The van der Waals surface area contributed by atoms with Crippen molar-refractivity contribution in [3.63, 3.8) is 0 Å². The molecule has 0 bridgehead atoms. The number of allylic oxidation sites excluding steroid dienone is 1. The molecule has 1 aliphatic carbocycles. The van der Waals surface area contributed by atoms with Crippen LogP contribution in [0.1, 0.15) is 38.4 Å². The van der Waals surface area contributed by atoms with Crippen molar-refractivity contribution in [1.29, 1.82) is 0 Å². The van der Waals surface area contributed by atoms with Crippen LogP contribution in [0.3, 0.4) is 0 Å². The lowest BCUT2D eigenvalue weighted by Gasteiger charge is -2.29. The van der Waals surface area contributed by atoms with Crippen LogP contribution in [0.2, 0.25) is 0 Å². The van der Waals surface area contributed by atoms with Crippen molar-refractivity contribution in [2.75, 3.05) is 5.75 Å². The maximum Gasteiger partial charge on any atom is 0.230 e. The van der Waals surface area contributed by atoms with Gasteiger partial charge in [0, 0.05) is 12.6 Å². The third-order valence-electron chi connectivity index (χ3n) is 4.00. The standard InChI is InChI=1S/C15H24N4OS/c1-4-9-19-12(3)17-18-15(19)21-10-14(20)16-13-8-6-5-7-11(13)2/h4,11,13H,1,5-10H2,2-3H3,(H,16,20)/t11-,13+/m0/s1. The van der Waals surface area contributed by atoms with Crippen molar-refractivity contribution in [2.24, 2.45) is 5.92 Å². The summed E-state index contributed by atoms with van der Waals surface area (Å²) in [5.41, 5.74) is 0. The van der Waals surface area contributed by atoms with E-state index in [0.717, 1.165) is 17.4 Å². The van der Waals surface area contributed by atoms with E-state index in [2.05, 4.69) is 29.0 Å². The van der Waals surface area contributed by atoms with Crippen LogP contribution in [0.4, 0.5) is 0 Å². The highest BCUT2D eigenvalue weighted by atomic mass is 32.2. The first-order valence-electron chi connectivity index (χ1n) is 7.54. The van der Waals surface area contributed by atoms with Gasteiger partial charge in [0.25, 0.3) is 0 Å². The van der Waals surface area contributed by atoms with Crippen molar-refractivity contribution in [2.45, 2.75) is 57.3 Å². The number of amides is 1. The molecule has 1 heterocycles. The Balaban J connectivity index is 1.85. The van der Waals surface area contributed by atoms with E-state index in [0.29, 0.717) is 24.3 Å². The maximum absolute atomic E-state index is 12.1. The third-order valence-corrected chi connectivity index (χ3v) is 4.97. The van der Waals surface area contributed by atoms with E-state index in [1.807, 2.05) is 17.6 Å². The van der Waals surface area contributed by atoms with E-state index in [9.17, 15) is 4.79 Å². The first-order valence-corrected chi connectivity index (χ1v) is 8.53. The van der Waals surface area contributed by atoms with Crippen molar-refractivity contribution < 1.29 is 4.79 Å². The summed E-state index contributed by atoms with van der Waals surface area (Å²) in [6, 6.07) is 0.333. The van der Waals surface area contributed by atoms with Crippen LogP contribution >= 0.6 is 11.8 Å². The normalized spacial score (nSPS) is 22.0. The number of hydrogen-bond donors (Lipinski definition) is 1. The van der Waals surface area contributed by atoms with Gasteiger partial charge in [0.15, 0.2) is 5.16 Å². The highest BCUT2D eigenvalue weighted by molar-refractivity contribution is 7.99. The van der Waals surface area contributed by atoms with Crippen LogP contribution in [-0.4, -0.2) is 32.5 Å². The quantitative estimate of drug-likeness (QED) is 0.648. The molecule has 1 amide bonds. The van der Waals surface area contributed by atoms with Crippen LogP contribution in [0.25, 0.3) is 0 Å². The van der Waals surface area contributed by atoms with E-state index in [1.54, 1.807) is 0 Å². The van der Waals surface area contributed by atoms with E-state index >= 15 is 0 Å². The third kappa shape index (κ3) is 4.33. The number of hydrogen-bond acceptors (Lipinski definition) is 4. The number of aryl methyl sites for hydroxylation is 1. The molecule has 5 nitrogen and oxygen atoms in total. The molecule has 2 rings (SSSR count). The average molecular weight is 308 g/mol. The van der Waals surface area contributed by atoms with Gasteiger partial charge in [0.05, 0.1) is 5.75 Å². The molecule has 21 heavy (non-hydrogen) atoms. The predicted octanol–water partition coefficient (Wildman–Crippen LogP) is 2.56. The summed E-state index contributed by atoms with van der Waals surface area (Å²) in [4.78, 5) is 12.1. The second kappa shape index (κ2) is 7.64. The Hall–Kier alpha value is -1.30. The Morgan fingerprint density at radius 2 is 2.24 bits per heavy atom. The number of nitrogens with one attached hydrogen (secondary N) is 1. The predicted molar refractivity (Wildman–Crippen MR) is 85.2 cm³/mol. The van der Waals surface area contributed by atoms with Crippen molar-refractivity contribution in [1.82, 2.24) is 20.1 Å². The molecule has 1 saturated carbocycles. The molecule has 1 fully saturated rings. The van der Waals surface area contributed by atoms with Gasteiger partial charge in [-0.15, -0.1) is 16.8 Å². The smallest absolute Gasteiger partial charge is 0.230 e. The van der Waals surface area contributed by atoms with Gasteiger partial charge in [-0.1, -0.05) is 37.6 Å². The number of rotatable bonds is 6. The molecule has 1 N–H and O–H groups in total. The SMILES string of the molecule is C=CCn1c(C)nnc1SCC(=O)N[C@@H]1CCCC[C@@H]1C. The van der Waals surface area contributed by atoms with Crippen molar-refractivity contribution >= 4 is 17.7 Å². The molecule has 0 unspecified atom stereocenters. The van der Waals surface area contributed by atoms with Gasteiger partial charge >= 0.3 is 0 Å². The minimum atomic E-state index is 0.0876. The van der Waals surface area contributed by atoms with Gasteiger partial charge in [-0.05, 0) is 25.7 Å². The second-order valence-electron chi connectivity index (χ2n) is 5.65. The van der Waals surface area contributed by atoms with Crippen LogP contribution in [-0.2, 0) is 11.3 Å². The Morgan fingerprint density at radius 3 is 2.95 bits per heavy atom. The zero-order valence-electron chi connectivity index (χ0n) is 12.8. The Bertz CT molecular complexity index is 500. The Kier molecular flexibility index (Phi) is 5.85. The molecular formula is C15H24N4OS. The molecule has 0 aromatic carbocycles. The Labute approximate surface area is 130 Å². The lowest BCUT2D eigenvalue weighted by atomic mass is 9.86. The van der Waals surface area contributed by atoms with Gasteiger partial charge in [0.1, 0.15) is 5.82 Å². The molecule has 1 aromatic heterocycles. The van der Waals surface area contributed by atoms with Gasteiger partial charge in [-0.3, -0.25) is 4.79 Å². The summed E-state index contributed by atoms with van der Waals surface area (Å²) in [5, 5.41) is 12.1. The van der Waals surface area contributed by atoms with E-state index in [1.165, 1.54) is 31.0 Å². The molecular weight excluding hydrogens is 284 g/mol. The summed E-state index contributed by atoms with van der Waals surface area (Å²) in [5.74, 6) is 1.90. The molecule has 1 aromatic rings. The minimum absolute atomic E-state index is 0.0876. The second-order valence-corrected chi connectivity index (χ2v) is 6.60. The van der Waals surface area contributed by atoms with Crippen LogP contribution < -0.4 is 5.32 Å². The fraction of sp³-hybridized carbons (Fsp3) is 0.667. The molecule has 0 spiro atoms. The van der Waals surface area contributed by atoms with Crippen LogP contribution in [0.15, 0.2) is 17.8 Å². The van der Waals surface area contributed by atoms with E-state index < -0.39 is 0 Å². The van der Waals surface area contributed by atoms with Crippen LogP contribution in [0.5, 0.6) is 0 Å². The fourth-order valence-electron chi connectivity index (χ4n) is 2.72. The molecule has 1 aliphatic rings. The zero-order chi connectivity index (χ0) is 15.2. The first kappa shape index (κ1) is 16.1. The monoisotopic (exact) mass is 308 g/mol. The van der Waals surface area contributed by atoms with Gasteiger partial charge < -0.3 is 9.88 Å². The number of thioether (sulfide) groups is 1. The number of carbonyl (C=O) groups excluding carboxylic acids is 1. The first-order chi connectivity index (χ1) is 10.1. The molecule has 0 aliphatic heterocycles. The molecule has 2 atom stereocenters. The maximum atomic E-state index is 12.1. The number of carbonyl (C=O) groups is 1. The topological polar surface area (TPSA) is 59.8 Å². The van der Waals surface area contributed by atoms with E-state index in [4.69, 9.17) is 0 Å². The molecule has 6 heteroatoms. The molecule has 116 valence electrons. The lowest BCUT2D eigenvalue weighted by Crippen LogP contribution is -2.41. The highest BCUT2D eigenvalue weighted by Gasteiger charge is 2.23. The fourth-order valence-corrected chi connectivity index (χ4v) is 3.52. The van der Waals surface area contributed by atoms with Crippen molar-refractivity contribution in [3.05, 3.63) is 18.5 Å². The van der Waals surface area contributed by atoms with Gasteiger partial charge in [0.2, 0.25) is 5.91 Å². The summed E-state index contributed by atoms with van der Waals surface area (Å²) in [6.45, 7) is 8.53. The highest BCUT2D eigenvalue weighted by Crippen LogP contribution is 2.24. The summed E-state index contributed by atoms with van der Waals surface area (Å²) < 4.78 is 1.97. The number of aromatic nitrogens is 3. The Morgan fingerprint density at radius 1 is 1.48 bits per heavy atom. The lowest BCUT2D eigenvalue weighted by molar-refractivity contribution is -0.119. The molecule has 0 radical (unpaired) electrons. The van der Waals surface area contributed by atoms with Crippen LogP contribution in [0, 0.1) is 12.8 Å². The average Bonchev–Trinajstić information content (AvgIpc) is 2.81. The minimum Gasteiger partial charge on any atom is -0.352 e. The number of nitrogens with zero attached hydrogens (tertiary/aromatic N) is 3. The largest absolute Gasteiger partial charge is 0.352 e. The molecule has 0 saturated heterocycles. The summed E-state index contributed by atoms with van der Waals surface area (Å²) in [6.07, 6.45) is 6.62. The summed E-state index contributed by atoms with van der Waals surface area (Å²) in [7, 11) is 0. The zero-order valence-corrected chi connectivity index (χ0v) is 13.7. The van der Waals surface area contributed by atoms with Gasteiger partial charge in [-0.2, -0.15) is 0 Å². The summed E-state index contributed by atoms with van der Waals surface area (Å²) >= 11 is 1.44. The van der Waals surface area contributed by atoms with E-state index in [-0.39, 0.29) is 5.91 Å². The van der Waals surface area contributed by atoms with Crippen molar-refractivity contribution in [3.8, 4) is 0 Å². The van der Waals surface area contributed by atoms with Gasteiger partial charge in [-0.25, -0.2) is 0 Å².